The van der Waals surface area contributed by atoms with E-state index in [1.807, 2.05) is 20.8 Å². The first-order valence-corrected chi connectivity index (χ1v) is 8.56. The molecular weight excluding hydrogens is 347 g/mol. The zero-order chi connectivity index (χ0) is 15.3. The molecule has 116 valence electrons. The molecule has 1 unspecified atom stereocenters. The fourth-order valence-corrected chi connectivity index (χ4v) is 3.96. The third kappa shape index (κ3) is 12.9. The summed E-state index contributed by atoms with van der Waals surface area (Å²) < 4.78 is 61.0. The van der Waals surface area contributed by atoms with Crippen molar-refractivity contribution >= 4 is 26.0 Å². The molecule has 0 aromatic carbocycles. The molecule has 1 N–H and O–H groups in total. The Balaban J connectivity index is 4.04. The van der Waals surface area contributed by atoms with Crippen LogP contribution in [0.5, 0.6) is 0 Å². The number of hydrogen-bond donors (Lipinski definition) is 1. The molecular formula is C11H21BrF3NO2S. The van der Waals surface area contributed by atoms with Gasteiger partial charge in [0.1, 0.15) is 0 Å². The van der Waals surface area contributed by atoms with Crippen LogP contribution < -0.4 is 4.72 Å². The van der Waals surface area contributed by atoms with Crippen LogP contribution in [0.25, 0.3) is 0 Å². The topological polar surface area (TPSA) is 46.2 Å². The van der Waals surface area contributed by atoms with Gasteiger partial charge in [-0.05, 0) is 18.3 Å². The van der Waals surface area contributed by atoms with Crippen LogP contribution in [0.15, 0.2) is 0 Å². The highest BCUT2D eigenvalue weighted by Crippen LogP contribution is 2.24. The summed E-state index contributed by atoms with van der Waals surface area (Å²) in [7, 11) is -3.63. The second-order valence-electron chi connectivity index (χ2n) is 5.75. The summed E-state index contributed by atoms with van der Waals surface area (Å²) in [6.45, 7) is 6.27. The van der Waals surface area contributed by atoms with E-state index in [1.165, 1.54) is 0 Å². The summed E-state index contributed by atoms with van der Waals surface area (Å²) in [6.07, 6.45) is -5.03. The maximum absolute atomic E-state index is 11.9. The third-order valence-corrected chi connectivity index (χ3v) is 4.31. The van der Waals surface area contributed by atoms with Crippen LogP contribution in [0.1, 0.15) is 40.0 Å². The van der Waals surface area contributed by atoms with Gasteiger partial charge >= 0.3 is 6.18 Å². The predicted molar refractivity (Wildman–Crippen MR) is 73.9 cm³/mol. The number of hydrogen-bond acceptors (Lipinski definition) is 2. The lowest BCUT2D eigenvalue weighted by Crippen LogP contribution is -2.33. The van der Waals surface area contributed by atoms with Gasteiger partial charge in [-0.25, -0.2) is 13.1 Å². The average molecular weight is 368 g/mol. The highest BCUT2D eigenvalue weighted by atomic mass is 79.9. The van der Waals surface area contributed by atoms with Crippen molar-refractivity contribution in [1.29, 1.82) is 0 Å². The summed E-state index contributed by atoms with van der Waals surface area (Å²) >= 11 is 3.36. The van der Waals surface area contributed by atoms with Gasteiger partial charge in [0, 0.05) is 17.8 Å². The fourth-order valence-electron chi connectivity index (χ4n) is 1.49. The summed E-state index contributed by atoms with van der Waals surface area (Å²) in [6, 6.07) is 0. The second-order valence-corrected chi connectivity index (χ2v) is 8.97. The van der Waals surface area contributed by atoms with E-state index in [-0.39, 0.29) is 16.8 Å². The molecule has 0 aromatic heterocycles. The molecule has 1 atom stereocenters. The van der Waals surface area contributed by atoms with E-state index in [9.17, 15) is 21.6 Å². The van der Waals surface area contributed by atoms with Crippen molar-refractivity contribution in [2.45, 2.75) is 51.0 Å². The van der Waals surface area contributed by atoms with E-state index in [4.69, 9.17) is 0 Å². The molecule has 0 aromatic rings. The standard InChI is InChI=1S/C11H21BrF3NO2S/c1-10(2,3)7-9(12)8-16-19(17,18)6-4-5-11(13,14)15/h9,16H,4-8H2,1-3H3. The molecule has 0 saturated carbocycles. The van der Waals surface area contributed by atoms with Crippen LogP contribution in [-0.2, 0) is 10.0 Å². The zero-order valence-corrected chi connectivity index (χ0v) is 13.8. The molecule has 0 saturated heterocycles. The Kier molecular flexibility index (Phi) is 7.33. The molecule has 0 heterocycles. The van der Waals surface area contributed by atoms with Crippen molar-refractivity contribution in [2.24, 2.45) is 5.41 Å². The lowest BCUT2D eigenvalue weighted by atomic mass is 9.91. The highest BCUT2D eigenvalue weighted by molar-refractivity contribution is 9.09. The minimum absolute atomic E-state index is 0.0371. The van der Waals surface area contributed by atoms with Crippen molar-refractivity contribution < 1.29 is 21.6 Å². The van der Waals surface area contributed by atoms with Gasteiger partial charge in [0.15, 0.2) is 0 Å². The van der Waals surface area contributed by atoms with E-state index < -0.39 is 34.8 Å². The van der Waals surface area contributed by atoms with Crippen molar-refractivity contribution in [1.82, 2.24) is 4.72 Å². The Morgan fingerprint density at radius 1 is 1.21 bits per heavy atom. The van der Waals surface area contributed by atoms with E-state index in [2.05, 4.69) is 20.7 Å². The van der Waals surface area contributed by atoms with Crippen molar-refractivity contribution in [2.75, 3.05) is 12.3 Å². The Labute approximate surface area is 121 Å². The summed E-state index contributed by atoms with van der Waals surface area (Å²) in [4.78, 5) is -0.0371. The van der Waals surface area contributed by atoms with Gasteiger partial charge in [-0.3, -0.25) is 0 Å². The fraction of sp³-hybridized carbons (Fsp3) is 1.00. The quantitative estimate of drug-likeness (QED) is 0.700. The molecule has 0 aliphatic heterocycles. The Bertz CT molecular complexity index is 363. The first kappa shape index (κ1) is 19.2. The molecule has 0 amide bonds. The monoisotopic (exact) mass is 367 g/mol. The van der Waals surface area contributed by atoms with Crippen LogP contribution in [-0.4, -0.2) is 31.7 Å². The molecule has 8 heteroatoms. The number of rotatable bonds is 7. The third-order valence-electron chi connectivity index (χ3n) is 2.23. The number of halogens is 4. The van der Waals surface area contributed by atoms with Crippen LogP contribution in [0.3, 0.4) is 0 Å². The number of alkyl halides is 4. The van der Waals surface area contributed by atoms with Crippen LogP contribution in [0.2, 0.25) is 0 Å². The zero-order valence-electron chi connectivity index (χ0n) is 11.3. The second kappa shape index (κ2) is 7.26. The Morgan fingerprint density at radius 2 is 1.74 bits per heavy atom. The van der Waals surface area contributed by atoms with E-state index in [0.29, 0.717) is 0 Å². The van der Waals surface area contributed by atoms with Crippen LogP contribution in [0, 0.1) is 5.41 Å². The molecule has 0 spiro atoms. The largest absolute Gasteiger partial charge is 0.389 e. The van der Waals surface area contributed by atoms with Gasteiger partial charge in [0.25, 0.3) is 0 Å². The Morgan fingerprint density at radius 3 is 2.16 bits per heavy atom. The maximum atomic E-state index is 11.9. The predicted octanol–water partition coefficient (Wildman–Crippen LogP) is 3.45. The molecule has 0 radical (unpaired) electrons. The van der Waals surface area contributed by atoms with Gasteiger partial charge in [-0.1, -0.05) is 36.7 Å². The Hall–Kier alpha value is 0.180. The molecule has 0 aliphatic rings. The first-order chi connectivity index (χ1) is 8.31. The lowest BCUT2D eigenvalue weighted by Gasteiger charge is -2.22. The van der Waals surface area contributed by atoms with Crippen molar-refractivity contribution in [3.63, 3.8) is 0 Å². The smallest absolute Gasteiger partial charge is 0.214 e. The minimum atomic E-state index is -4.31. The first-order valence-electron chi connectivity index (χ1n) is 5.99. The minimum Gasteiger partial charge on any atom is -0.214 e. The normalized spacial score (nSPS) is 15.5. The van der Waals surface area contributed by atoms with Crippen molar-refractivity contribution in [3.8, 4) is 0 Å². The lowest BCUT2D eigenvalue weighted by molar-refractivity contribution is -0.134. The SMILES string of the molecule is CC(C)(C)CC(Br)CNS(=O)(=O)CCCC(F)(F)F. The molecule has 0 fully saturated rings. The van der Waals surface area contributed by atoms with E-state index >= 15 is 0 Å². The van der Waals surface area contributed by atoms with Gasteiger partial charge in [0.05, 0.1) is 5.75 Å². The molecule has 3 nitrogen and oxygen atoms in total. The molecule has 0 rings (SSSR count). The van der Waals surface area contributed by atoms with Gasteiger partial charge in [0.2, 0.25) is 10.0 Å². The molecule has 19 heavy (non-hydrogen) atoms. The van der Waals surface area contributed by atoms with E-state index in [1.54, 1.807) is 0 Å². The van der Waals surface area contributed by atoms with Crippen molar-refractivity contribution in [3.05, 3.63) is 0 Å². The van der Waals surface area contributed by atoms with Gasteiger partial charge in [-0.2, -0.15) is 13.2 Å². The van der Waals surface area contributed by atoms with E-state index in [0.717, 1.165) is 6.42 Å². The summed E-state index contributed by atoms with van der Waals surface area (Å²) in [5.74, 6) is -0.498. The highest BCUT2D eigenvalue weighted by Gasteiger charge is 2.27. The summed E-state index contributed by atoms with van der Waals surface area (Å²) in [5.41, 5.74) is 0.0515. The maximum Gasteiger partial charge on any atom is 0.389 e. The molecule has 0 aliphatic carbocycles. The number of nitrogens with one attached hydrogen (secondary N) is 1. The van der Waals surface area contributed by atoms with Crippen LogP contribution >= 0.6 is 15.9 Å². The molecule has 0 bridgehead atoms. The van der Waals surface area contributed by atoms with Crippen LogP contribution in [0.4, 0.5) is 13.2 Å². The van der Waals surface area contributed by atoms with Gasteiger partial charge in [-0.15, -0.1) is 0 Å². The van der Waals surface area contributed by atoms with Gasteiger partial charge < -0.3 is 0 Å². The average Bonchev–Trinajstić information content (AvgIpc) is 2.09. The summed E-state index contributed by atoms with van der Waals surface area (Å²) in [5, 5.41) is 0. The number of sulfonamides is 1.